The number of alkyl carbamates (subject to hydrolysis) is 2. The number of H-pyrrole nitrogens is 2. The molecule has 4 unspecified atom stereocenters. The smallest absolute Gasteiger partial charge is 0.407 e. The first-order valence-corrected chi connectivity index (χ1v) is 22.8. The molecule has 5 N–H and O–H groups in total. The molecule has 3 amide bonds. The highest BCUT2D eigenvalue weighted by Crippen LogP contribution is 2.50. The minimum absolute atomic E-state index is 0.0334. The number of hydrogen-bond donors (Lipinski definition) is 5. The van der Waals surface area contributed by atoms with Crippen LogP contribution < -0.4 is 16.0 Å². The van der Waals surface area contributed by atoms with Crippen LogP contribution in [0, 0.1) is 11.8 Å². The molecule has 4 aliphatic heterocycles. The number of nitrogens with zero attached hydrogens (tertiary/aromatic N) is 4. The van der Waals surface area contributed by atoms with Crippen LogP contribution in [-0.4, -0.2) is 118 Å². The Kier molecular flexibility index (Phi) is 11.3. The summed E-state index contributed by atoms with van der Waals surface area (Å²) in [5.74, 6) is 0.909. The normalized spacial score (nSPS) is 26.3. The minimum Gasteiger partial charge on any atom is -0.453 e. The van der Waals surface area contributed by atoms with Gasteiger partial charge in [0, 0.05) is 37.1 Å². The molecular weight excluding hydrogens is 819 g/mol. The van der Waals surface area contributed by atoms with Crippen molar-refractivity contribution in [3.8, 4) is 33.8 Å². The van der Waals surface area contributed by atoms with Crippen LogP contribution in [0.4, 0.5) is 9.59 Å². The number of methoxy groups -OCH3 is 2. The molecule has 3 aromatic heterocycles. The van der Waals surface area contributed by atoms with E-state index in [0.29, 0.717) is 57.2 Å². The fourth-order valence-corrected chi connectivity index (χ4v) is 10.7. The van der Waals surface area contributed by atoms with Gasteiger partial charge in [-0.3, -0.25) is 19.9 Å². The average molecular weight is 876 g/mol. The van der Waals surface area contributed by atoms with Gasteiger partial charge in [-0.15, -0.1) is 0 Å². The van der Waals surface area contributed by atoms with Crippen molar-refractivity contribution in [1.29, 1.82) is 0 Å². The summed E-state index contributed by atoms with van der Waals surface area (Å²) in [5, 5.41) is 9.24. The van der Waals surface area contributed by atoms with E-state index in [1.165, 1.54) is 14.2 Å². The molecule has 2 aliphatic carbocycles. The van der Waals surface area contributed by atoms with Crippen molar-refractivity contribution >= 4 is 23.9 Å². The van der Waals surface area contributed by atoms with Gasteiger partial charge in [-0.1, -0.05) is 24.3 Å². The van der Waals surface area contributed by atoms with E-state index < -0.39 is 29.8 Å². The lowest BCUT2D eigenvalue weighted by atomic mass is 9.78. The number of aromatic nitrogens is 5. The summed E-state index contributed by atoms with van der Waals surface area (Å²) in [6, 6.07) is 10.3. The molecule has 0 radical (unpaired) electrons. The number of aromatic amines is 2. The quantitative estimate of drug-likeness (QED) is 0.116. The number of amides is 3. The second kappa shape index (κ2) is 17.0. The molecular formula is C47H57N9O8. The number of ether oxygens (including phenoxy) is 4. The SMILES string of the molecule is COC(=O)NC(C(=O)N1CCC[C@H]1c1ncc(-c2ccc(-c3ccc(-c4cnc([C@]5(C(=O)C(NC(=O)OC)C6CCOC7(CC7)C6)CCCN5)[nH]4)cc3)nc2)[nH]1)C1CCOC2(CC2)C1. The van der Waals surface area contributed by atoms with E-state index >= 15 is 0 Å². The average Bonchev–Trinajstić information content (AvgIpc) is 3.82. The van der Waals surface area contributed by atoms with Crippen molar-refractivity contribution in [3.05, 3.63) is 66.6 Å². The molecule has 4 saturated heterocycles. The molecule has 10 rings (SSSR count). The van der Waals surface area contributed by atoms with Crippen LogP contribution in [0.2, 0.25) is 0 Å². The highest BCUT2D eigenvalue weighted by atomic mass is 16.5. The molecule has 338 valence electrons. The topological polar surface area (TPSA) is 215 Å². The summed E-state index contributed by atoms with van der Waals surface area (Å²) < 4.78 is 22.0. The number of ketones is 1. The van der Waals surface area contributed by atoms with Crippen LogP contribution >= 0.6 is 0 Å². The van der Waals surface area contributed by atoms with E-state index in [9.17, 15) is 19.2 Å². The molecule has 6 aliphatic rings. The lowest BCUT2D eigenvalue weighted by Crippen LogP contribution is -2.58. The number of nitrogens with one attached hydrogen (secondary N) is 5. The fraction of sp³-hybridized carbons (Fsp3) is 0.553. The number of Topliss-reactive ketones (excluding diaryl/α,β-unsaturated/α-hetero) is 1. The van der Waals surface area contributed by atoms with Gasteiger partial charge >= 0.3 is 12.2 Å². The maximum absolute atomic E-state index is 14.7. The third-order valence-electron chi connectivity index (χ3n) is 14.7. The Morgan fingerprint density at radius 2 is 1.34 bits per heavy atom. The van der Waals surface area contributed by atoms with E-state index in [1.807, 2.05) is 47.5 Å². The molecule has 2 saturated carbocycles. The third-order valence-corrected chi connectivity index (χ3v) is 14.7. The zero-order valence-corrected chi connectivity index (χ0v) is 36.5. The van der Waals surface area contributed by atoms with E-state index in [1.54, 1.807) is 12.4 Å². The van der Waals surface area contributed by atoms with Gasteiger partial charge in [0.25, 0.3) is 0 Å². The van der Waals surface area contributed by atoms with Gasteiger partial charge in [0.2, 0.25) is 5.91 Å². The number of pyridine rings is 1. The number of imidazole rings is 2. The molecule has 64 heavy (non-hydrogen) atoms. The van der Waals surface area contributed by atoms with Gasteiger partial charge in [0.15, 0.2) is 5.78 Å². The number of carbonyl (C=O) groups excluding carboxylic acids is 4. The van der Waals surface area contributed by atoms with Crippen LogP contribution in [0.15, 0.2) is 55.0 Å². The zero-order valence-electron chi connectivity index (χ0n) is 36.5. The molecule has 1 aromatic carbocycles. The lowest BCUT2D eigenvalue weighted by molar-refractivity contribution is -0.138. The second-order valence-corrected chi connectivity index (χ2v) is 18.6. The summed E-state index contributed by atoms with van der Waals surface area (Å²) >= 11 is 0. The van der Waals surface area contributed by atoms with Crippen molar-refractivity contribution in [2.75, 3.05) is 40.5 Å². The molecule has 2 spiro atoms. The van der Waals surface area contributed by atoms with Crippen molar-refractivity contribution in [3.63, 3.8) is 0 Å². The molecule has 6 atom stereocenters. The van der Waals surface area contributed by atoms with Gasteiger partial charge in [-0.2, -0.15) is 0 Å². The lowest BCUT2D eigenvalue weighted by Gasteiger charge is -2.38. The molecule has 4 aromatic rings. The molecule has 17 nitrogen and oxygen atoms in total. The summed E-state index contributed by atoms with van der Waals surface area (Å²) in [6.07, 6.45) is 13.8. The van der Waals surface area contributed by atoms with Gasteiger partial charge in [0.1, 0.15) is 23.2 Å². The third kappa shape index (κ3) is 8.17. The number of rotatable bonds is 12. The number of benzene rings is 1. The van der Waals surface area contributed by atoms with Crippen LogP contribution in [0.25, 0.3) is 33.8 Å². The predicted octanol–water partition coefficient (Wildman–Crippen LogP) is 5.71. The van der Waals surface area contributed by atoms with Crippen molar-refractivity contribution < 1.29 is 38.1 Å². The Hall–Kier alpha value is -5.65. The Morgan fingerprint density at radius 3 is 1.97 bits per heavy atom. The molecule has 6 fully saturated rings. The standard InChI is InChI=1S/C47H57N9O8/c1-61-43(59)54-37(30-12-21-63-45(23-30)15-16-45)39(57)47(14-4-19-51-47)42-50-27-34(53-42)29-8-6-28(7-9-29)33-11-10-32(25-48-33)35-26-49-40(52-35)36-5-3-20-56(36)41(58)38(55-44(60)62-2)31-13-22-64-46(24-31)17-18-46/h6-11,25-27,30-31,36-38,51H,3-5,12-24H2,1-2H3,(H,49,52)(H,50,53)(H,54,59)(H,55,60)/t30?,31?,36-,37?,38?,47+/m0/s1. The fourth-order valence-electron chi connectivity index (χ4n) is 10.7. The van der Waals surface area contributed by atoms with E-state index in [0.717, 1.165) is 91.6 Å². The van der Waals surface area contributed by atoms with Crippen LogP contribution in [0.1, 0.15) is 94.7 Å². The van der Waals surface area contributed by atoms with Crippen molar-refractivity contribution in [2.45, 2.75) is 112 Å². The summed E-state index contributed by atoms with van der Waals surface area (Å²) in [7, 11) is 2.63. The van der Waals surface area contributed by atoms with Crippen molar-refractivity contribution in [2.24, 2.45) is 11.8 Å². The van der Waals surface area contributed by atoms with E-state index in [4.69, 9.17) is 33.9 Å². The van der Waals surface area contributed by atoms with E-state index in [2.05, 4.69) is 25.9 Å². The molecule has 7 heterocycles. The van der Waals surface area contributed by atoms with Gasteiger partial charge < -0.3 is 44.4 Å². The Balaban J connectivity index is 0.814. The Morgan fingerprint density at radius 1 is 0.719 bits per heavy atom. The van der Waals surface area contributed by atoms with Crippen LogP contribution in [-0.2, 0) is 34.1 Å². The monoisotopic (exact) mass is 875 g/mol. The minimum atomic E-state index is -1.08. The second-order valence-electron chi connectivity index (χ2n) is 18.6. The number of likely N-dealkylation sites (tertiary alicyclic amines) is 1. The highest BCUT2D eigenvalue weighted by Gasteiger charge is 2.55. The van der Waals surface area contributed by atoms with Gasteiger partial charge in [0.05, 0.1) is 67.0 Å². The van der Waals surface area contributed by atoms with Gasteiger partial charge in [-0.05, 0) is 113 Å². The van der Waals surface area contributed by atoms with E-state index in [-0.39, 0.29) is 40.8 Å². The summed E-state index contributed by atoms with van der Waals surface area (Å²) in [6.45, 7) is 2.37. The maximum atomic E-state index is 14.7. The first-order valence-electron chi connectivity index (χ1n) is 22.8. The zero-order chi connectivity index (χ0) is 44.1. The van der Waals surface area contributed by atoms with Crippen LogP contribution in [0.5, 0.6) is 0 Å². The Bertz CT molecular complexity index is 2370. The molecule has 17 heteroatoms. The maximum Gasteiger partial charge on any atom is 0.407 e. The number of hydrogen-bond acceptors (Lipinski definition) is 12. The predicted molar refractivity (Wildman–Crippen MR) is 232 cm³/mol. The van der Waals surface area contributed by atoms with Crippen LogP contribution in [0.3, 0.4) is 0 Å². The number of carbonyl (C=O) groups is 4. The van der Waals surface area contributed by atoms with Gasteiger partial charge in [-0.25, -0.2) is 19.6 Å². The largest absolute Gasteiger partial charge is 0.453 e. The first kappa shape index (κ1) is 42.3. The first-order chi connectivity index (χ1) is 31.1. The van der Waals surface area contributed by atoms with Crippen molar-refractivity contribution in [1.82, 2.24) is 45.8 Å². The highest BCUT2D eigenvalue weighted by molar-refractivity contribution is 5.96. The molecule has 0 bridgehead atoms. The summed E-state index contributed by atoms with van der Waals surface area (Å²) in [4.78, 5) is 77.0. The summed E-state index contributed by atoms with van der Waals surface area (Å²) in [5.41, 5.74) is 3.65. The Labute approximate surface area is 371 Å².